The van der Waals surface area contributed by atoms with Crippen LogP contribution in [0.15, 0.2) is 47.4 Å². The first-order valence-corrected chi connectivity index (χ1v) is 13.0. The molecule has 1 aliphatic heterocycles. The van der Waals surface area contributed by atoms with Gasteiger partial charge in [-0.25, -0.2) is 13.4 Å². The molecule has 0 radical (unpaired) electrons. The maximum atomic E-state index is 13.0. The number of thiazole rings is 1. The zero-order valence-corrected chi connectivity index (χ0v) is 20.0. The van der Waals surface area contributed by atoms with Crippen molar-refractivity contribution in [3.63, 3.8) is 0 Å². The molecule has 3 aromatic rings. The summed E-state index contributed by atoms with van der Waals surface area (Å²) in [4.78, 5) is 17.4. The summed E-state index contributed by atoms with van der Waals surface area (Å²) in [5, 5.41) is 3.27. The van der Waals surface area contributed by atoms with Gasteiger partial charge in [0.2, 0.25) is 10.0 Å². The summed E-state index contributed by atoms with van der Waals surface area (Å²) in [5.41, 5.74) is 1.08. The number of para-hydroxylation sites is 1. The monoisotopic (exact) mass is 473 g/mol. The number of hydrogen-bond acceptors (Lipinski definition) is 6. The number of fused-ring (bicyclic) bond motifs is 1. The number of piperidine rings is 1. The van der Waals surface area contributed by atoms with Crippen LogP contribution < -0.4 is 10.1 Å². The Morgan fingerprint density at radius 1 is 1.16 bits per heavy atom. The Balaban J connectivity index is 1.50. The number of aromatic nitrogens is 1. The highest BCUT2D eigenvalue weighted by Gasteiger charge is 2.31. The molecular formula is C23H27N3O4S2. The highest BCUT2D eigenvalue weighted by molar-refractivity contribution is 7.89. The molecule has 170 valence electrons. The van der Waals surface area contributed by atoms with E-state index in [0.717, 1.165) is 11.1 Å². The summed E-state index contributed by atoms with van der Waals surface area (Å²) in [6.45, 7) is 7.63. The van der Waals surface area contributed by atoms with E-state index >= 15 is 0 Å². The third-order valence-electron chi connectivity index (χ3n) is 5.49. The van der Waals surface area contributed by atoms with Gasteiger partial charge in [-0.3, -0.25) is 10.1 Å². The van der Waals surface area contributed by atoms with Crippen LogP contribution in [0.5, 0.6) is 5.75 Å². The van der Waals surface area contributed by atoms with E-state index in [2.05, 4.69) is 24.1 Å². The summed E-state index contributed by atoms with van der Waals surface area (Å²) >= 11 is 1.36. The van der Waals surface area contributed by atoms with E-state index < -0.39 is 10.0 Å². The van der Waals surface area contributed by atoms with E-state index in [4.69, 9.17) is 4.74 Å². The second kappa shape index (κ2) is 9.17. The van der Waals surface area contributed by atoms with Crippen LogP contribution in [-0.2, 0) is 10.0 Å². The first-order chi connectivity index (χ1) is 15.3. The van der Waals surface area contributed by atoms with Crippen molar-refractivity contribution in [2.75, 3.05) is 25.0 Å². The van der Waals surface area contributed by atoms with Crippen molar-refractivity contribution in [3.8, 4) is 5.75 Å². The van der Waals surface area contributed by atoms with Crippen molar-refractivity contribution >= 4 is 42.6 Å². The average Bonchev–Trinajstić information content (AvgIpc) is 3.17. The van der Waals surface area contributed by atoms with Gasteiger partial charge in [-0.15, -0.1) is 0 Å². The SMILES string of the molecule is CCOc1cccc2sc(NC(=O)c3ccc(S(=O)(=O)N4C[C@H](C)C[C@@H](C)C4)cc3)nc12. The normalized spacial score (nSPS) is 19.7. The Bertz CT molecular complexity index is 1210. The molecule has 0 spiro atoms. The number of amides is 1. The topological polar surface area (TPSA) is 88.6 Å². The minimum atomic E-state index is -3.58. The van der Waals surface area contributed by atoms with Crippen LogP contribution in [0.4, 0.5) is 5.13 Å². The van der Waals surface area contributed by atoms with Gasteiger partial charge in [0.15, 0.2) is 5.13 Å². The number of benzene rings is 2. The molecule has 2 atom stereocenters. The van der Waals surface area contributed by atoms with E-state index in [1.165, 1.54) is 35.6 Å². The summed E-state index contributed by atoms with van der Waals surface area (Å²) in [7, 11) is -3.58. The van der Waals surface area contributed by atoms with E-state index in [0.29, 0.717) is 53.5 Å². The lowest BCUT2D eigenvalue weighted by Gasteiger charge is -2.34. The molecule has 4 rings (SSSR count). The standard InChI is InChI=1S/C23H27N3O4S2/c1-4-30-19-6-5-7-20-21(19)24-23(31-20)25-22(27)17-8-10-18(11-9-17)32(28,29)26-13-15(2)12-16(3)14-26/h5-11,15-16H,4,12-14H2,1-3H3,(H,24,25,27)/t15-,16-/m1/s1. The minimum Gasteiger partial charge on any atom is -0.492 e. The number of hydrogen-bond donors (Lipinski definition) is 1. The average molecular weight is 474 g/mol. The first-order valence-electron chi connectivity index (χ1n) is 10.7. The van der Waals surface area contributed by atoms with Gasteiger partial charge in [-0.1, -0.05) is 31.3 Å². The minimum absolute atomic E-state index is 0.205. The van der Waals surface area contributed by atoms with Gasteiger partial charge < -0.3 is 4.74 Å². The van der Waals surface area contributed by atoms with Crippen LogP contribution in [0.1, 0.15) is 37.6 Å². The predicted octanol–water partition coefficient (Wildman–Crippen LogP) is 4.61. The Labute approximate surface area is 192 Å². The zero-order chi connectivity index (χ0) is 22.9. The molecule has 2 aromatic carbocycles. The molecule has 1 aliphatic rings. The smallest absolute Gasteiger partial charge is 0.257 e. The molecule has 0 aliphatic carbocycles. The van der Waals surface area contributed by atoms with E-state index in [9.17, 15) is 13.2 Å². The largest absolute Gasteiger partial charge is 0.492 e. The van der Waals surface area contributed by atoms with Crippen LogP contribution in [0.3, 0.4) is 0 Å². The zero-order valence-electron chi connectivity index (χ0n) is 18.4. The third kappa shape index (κ3) is 4.65. The molecule has 32 heavy (non-hydrogen) atoms. The van der Waals surface area contributed by atoms with Crippen molar-refractivity contribution in [1.82, 2.24) is 9.29 Å². The molecule has 1 fully saturated rings. The van der Waals surface area contributed by atoms with Gasteiger partial charge in [-0.2, -0.15) is 4.31 Å². The fraction of sp³-hybridized carbons (Fsp3) is 0.391. The van der Waals surface area contributed by atoms with Gasteiger partial charge in [0, 0.05) is 18.7 Å². The number of anilines is 1. The highest BCUT2D eigenvalue weighted by atomic mass is 32.2. The molecule has 9 heteroatoms. The molecule has 1 amide bonds. The lowest BCUT2D eigenvalue weighted by atomic mass is 9.94. The quantitative estimate of drug-likeness (QED) is 0.565. The van der Waals surface area contributed by atoms with Crippen molar-refractivity contribution in [2.24, 2.45) is 11.8 Å². The van der Waals surface area contributed by atoms with Crippen molar-refractivity contribution in [1.29, 1.82) is 0 Å². The number of carbonyl (C=O) groups excluding carboxylic acids is 1. The van der Waals surface area contributed by atoms with Gasteiger partial charge >= 0.3 is 0 Å². The van der Waals surface area contributed by atoms with Crippen molar-refractivity contribution in [2.45, 2.75) is 32.1 Å². The molecule has 7 nitrogen and oxygen atoms in total. The van der Waals surface area contributed by atoms with Gasteiger partial charge in [0.25, 0.3) is 5.91 Å². The van der Waals surface area contributed by atoms with E-state index in [1.54, 1.807) is 4.31 Å². The summed E-state index contributed by atoms with van der Waals surface area (Å²) in [5.74, 6) is 0.995. The Hall–Kier alpha value is -2.49. The molecule has 0 saturated carbocycles. The van der Waals surface area contributed by atoms with Crippen molar-refractivity contribution in [3.05, 3.63) is 48.0 Å². The number of sulfonamides is 1. The number of nitrogens with zero attached hydrogens (tertiary/aromatic N) is 2. The summed E-state index contributed by atoms with van der Waals surface area (Å²) < 4.78 is 34.1. The molecule has 1 N–H and O–H groups in total. The summed E-state index contributed by atoms with van der Waals surface area (Å²) in [6.07, 6.45) is 1.03. The van der Waals surface area contributed by atoms with Crippen LogP contribution in [0.2, 0.25) is 0 Å². The molecule has 0 unspecified atom stereocenters. The van der Waals surface area contributed by atoms with Crippen LogP contribution in [0.25, 0.3) is 10.2 Å². The second-order valence-corrected chi connectivity index (χ2v) is 11.3. The predicted molar refractivity (Wildman–Crippen MR) is 127 cm³/mol. The highest BCUT2D eigenvalue weighted by Crippen LogP contribution is 2.32. The van der Waals surface area contributed by atoms with Gasteiger partial charge in [-0.05, 0) is 61.6 Å². The number of ether oxygens (including phenoxy) is 1. The molecule has 1 aromatic heterocycles. The van der Waals surface area contributed by atoms with E-state index in [1.807, 2.05) is 25.1 Å². The number of nitrogens with one attached hydrogen (secondary N) is 1. The van der Waals surface area contributed by atoms with E-state index in [-0.39, 0.29) is 10.8 Å². The lowest BCUT2D eigenvalue weighted by molar-refractivity contribution is 0.102. The first kappa shape index (κ1) is 22.7. The van der Waals surface area contributed by atoms with Crippen LogP contribution >= 0.6 is 11.3 Å². The lowest BCUT2D eigenvalue weighted by Crippen LogP contribution is -2.42. The fourth-order valence-electron chi connectivity index (χ4n) is 4.15. The maximum absolute atomic E-state index is 13.0. The Morgan fingerprint density at radius 3 is 2.50 bits per heavy atom. The fourth-order valence-corrected chi connectivity index (χ4v) is 6.71. The number of rotatable bonds is 6. The maximum Gasteiger partial charge on any atom is 0.257 e. The second-order valence-electron chi connectivity index (χ2n) is 8.30. The van der Waals surface area contributed by atoms with Gasteiger partial charge in [0.1, 0.15) is 11.3 Å². The Morgan fingerprint density at radius 2 is 1.84 bits per heavy atom. The van der Waals surface area contributed by atoms with Crippen LogP contribution in [0, 0.1) is 11.8 Å². The molecular weight excluding hydrogens is 446 g/mol. The summed E-state index contributed by atoms with van der Waals surface area (Å²) in [6, 6.07) is 11.7. The molecule has 1 saturated heterocycles. The molecule has 0 bridgehead atoms. The van der Waals surface area contributed by atoms with Gasteiger partial charge in [0.05, 0.1) is 16.2 Å². The Kier molecular flexibility index (Phi) is 6.50. The van der Waals surface area contributed by atoms with Crippen LogP contribution in [-0.4, -0.2) is 43.3 Å². The van der Waals surface area contributed by atoms with Crippen molar-refractivity contribution < 1.29 is 17.9 Å². The number of carbonyl (C=O) groups is 1. The molecule has 2 heterocycles. The third-order valence-corrected chi connectivity index (χ3v) is 8.27.